The lowest BCUT2D eigenvalue weighted by molar-refractivity contribution is -0.141. The molecule has 1 heterocycles. The second-order valence-electron chi connectivity index (χ2n) is 6.48. The molecular formula is C18H25N3O5S2. The zero-order chi connectivity index (χ0) is 20.9. The molecule has 0 spiro atoms. The zero-order valence-corrected chi connectivity index (χ0v) is 18.1. The quantitative estimate of drug-likeness (QED) is 0.595. The van der Waals surface area contributed by atoms with E-state index < -0.39 is 21.9 Å². The summed E-state index contributed by atoms with van der Waals surface area (Å²) in [6.45, 7) is 1.68. The zero-order valence-electron chi connectivity index (χ0n) is 16.5. The molecule has 0 N–H and O–H groups in total. The van der Waals surface area contributed by atoms with Crippen molar-refractivity contribution in [1.82, 2.24) is 8.87 Å². The van der Waals surface area contributed by atoms with Gasteiger partial charge in [0.2, 0.25) is 10.0 Å². The van der Waals surface area contributed by atoms with Crippen LogP contribution in [-0.4, -0.2) is 56.1 Å². The first kappa shape index (κ1) is 22.3. The molecule has 154 valence electrons. The van der Waals surface area contributed by atoms with Crippen LogP contribution in [0.1, 0.15) is 25.3 Å². The number of esters is 1. The molecule has 0 atom stereocenters. The number of aryl methyl sites for hydroxylation is 1. The van der Waals surface area contributed by atoms with E-state index in [2.05, 4.69) is 11.9 Å². The first-order valence-electron chi connectivity index (χ1n) is 8.83. The van der Waals surface area contributed by atoms with Gasteiger partial charge in [-0.1, -0.05) is 30.7 Å². The van der Waals surface area contributed by atoms with Crippen LogP contribution in [0.15, 0.2) is 23.2 Å². The lowest BCUT2D eigenvalue weighted by Gasteiger charge is -2.10. The van der Waals surface area contributed by atoms with Gasteiger partial charge >= 0.3 is 5.97 Å². The van der Waals surface area contributed by atoms with E-state index >= 15 is 0 Å². The van der Waals surface area contributed by atoms with Gasteiger partial charge in [0.15, 0.2) is 4.80 Å². The Bertz CT molecular complexity index is 1040. The number of thiazole rings is 1. The first-order valence-corrected chi connectivity index (χ1v) is 11.5. The van der Waals surface area contributed by atoms with Crippen LogP contribution < -0.4 is 4.80 Å². The number of likely N-dealkylation sites (N-methyl/N-ethyl adjacent to an activating group) is 1. The lowest BCUT2D eigenvalue weighted by atomic mass is 10.1. The lowest BCUT2D eigenvalue weighted by Crippen LogP contribution is -2.31. The number of aromatic nitrogens is 1. The summed E-state index contributed by atoms with van der Waals surface area (Å²) >= 11 is 1.29. The monoisotopic (exact) mass is 427 g/mol. The molecule has 0 aliphatic rings. The highest BCUT2D eigenvalue weighted by Crippen LogP contribution is 2.20. The molecule has 1 aromatic heterocycles. The molecule has 0 bridgehead atoms. The van der Waals surface area contributed by atoms with Gasteiger partial charge in [-0.25, -0.2) is 8.42 Å². The smallest absolute Gasteiger partial charge is 0.325 e. The van der Waals surface area contributed by atoms with Gasteiger partial charge in [0, 0.05) is 7.05 Å². The van der Waals surface area contributed by atoms with Crippen LogP contribution in [0, 0.1) is 0 Å². The minimum absolute atomic E-state index is 0.0845. The second-order valence-corrected chi connectivity index (χ2v) is 9.58. The number of amides is 1. The summed E-state index contributed by atoms with van der Waals surface area (Å²) in [5.74, 6) is -1.07. The Kier molecular flexibility index (Phi) is 7.50. The van der Waals surface area contributed by atoms with Crippen LogP contribution in [-0.2, 0) is 37.3 Å². The Labute approximate surface area is 168 Å². The van der Waals surface area contributed by atoms with E-state index in [1.165, 1.54) is 31.1 Å². The number of fused-ring (bicyclic) bond motifs is 1. The van der Waals surface area contributed by atoms with Crippen molar-refractivity contribution in [2.45, 2.75) is 32.7 Å². The number of hydrogen-bond acceptors (Lipinski definition) is 6. The molecule has 0 radical (unpaired) electrons. The molecule has 1 amide bonds. The van der Waals surface area contributed by atoms with E-state index in [0.717, 1.165) is 40.0 Å². The normalized spacial score (nSPS) is 12.7. The summed E-state index contributed by atoms with van der Waals surface area (Å²) in [6.07, 6.45) is 4.14. The van der Waals surface area contributed by atoms with Gasteiger partial charge in [0.25, 0.3) is 5.91 Å². The van der Waals surface area contributed by atoms with Crippen molar-refractivity contribution in [1.29, 1.82) is 0 Å². The maximum atomic E-state index is 12.3. The van der Waals surface area contributed by atoms with Gasteiger partial charge in [-0.3, -0.25) is 9.59 Å². The van der Waals surface area contributed by atoms with Crippen molar-refractivity contribution in [2.24, 2.45) is 4.99 Å². The van der Waals surface area contributed by atoms with Crippen LogP contribution >= 0.6 is 11.3 Å². The summed E-state index contributed by atoms with van der Waals surface area (Å²) in [7, 11) is -0.877. The molecule has 2 aromatic rings. The van der Waals surface area contributed by atoms with E-state index in [-0.39, 0.29) is 13.1 Å². The highest BCUT2D eigenvalue weighted by Gasteiger charge is 2.16. The van der Waals surface area contributed by atoms with Crippen LogP contribution in [0.5, 0.6) is 0 Å². The van der Waals surface area contributed by atoms with Gasteiger partial charge in [0.1, 0.15) is 6.54 Å². The summed E-state index contributed by atoms with van der Waals surface area (Å²) < 4.78 is 31.2. The maximum absolute atomic E-state index is 12.3. The van der Waals surface area contributed by atoms with Crippen molar-refractivity contribution in [3.05, 3.63) is 28.6 Å². The number of benzene rings is 1. The number of hydrogen-bond donors (Lipinski definition) is 0. The van der Waals surface area contributed by atoms with E-state index in [1.807, 2.05) is 18.2 Å². The Morgan fingerprint density at radius 3 is 2.64 bits per heavy atom. The Morgan fingerprint density at radius 2 is 2.04 bits per heavy atom. The molecule has 8 nitrogen and oxygen atoms in total. The van der Waals surface area contributed by atoms with E-state index in [9.17, 15) is 18.0 Å². The van der Waals surface area contributed by atoms with E-state index in [0.29, 0.717) is 4.80 Å². The van der Waals surface area contributed by atoms with Gasteiger partial charge in [0.05, 0.1) is 30.1 Å². The molecule has 0 unspecified atom stereocenters. The molecule has 2 rings (SSSR count). The number of sulfonamides is 1. The number of rotatable bonds is 8. The van der Waals surface area contributed by atoms with Crippen molar-refractivity contribution in [3.63, 3.8) is 0 Å². The molecule has 0 fully saturated rings. The minimum Gasteiger partial charge on any atom is -0.468 e. The number of methoxy groups -OCH3 is 1. The van der Waals surface area contributed by atoms with Crippen molar-refractivity contribution in [3.8, 4) is 0 Å². The van der Waals surface area contributed by atoms with Gasteiger partial charge in [-0.2, -0.15) is 9.30 Å². The number of ether oxygens (including phenoxy) is 1. The number of unbranched alkanes of at least 4 members (excludes halogenated alkanes) is 1. The third kappa shape index (κ3) is 5.73. The predicted molar refractivity (Wildman–Crippen MR) is 108 cm³/mol. The fourth-order valence-corrected chi connectivity index (χ4v) is 3.99. The Hall–Kier alpha value is -2.04. The van der Waals surface area contributed by atoms with Crippen LogP contribution in [0.25, 0.3) is 10.2 Å². The van der Waals surface area contributed by atoms with Crippen molar-refractivity contribution >= 4 is 43.5 Å². The minimum atomic E-state index is -3.49. The van der Waals surface area contributed by atoms with Crippen LogP contribution in [0.4, 0.5) is 0 Å². The van der Waals surface area contributed by atoms with Gasteiger partial charge in [-0.15, -0.1) is 0 Å². The maximum Gasteiger partial charge on any atom is 0.325 e. The molecule has 0 saturated carbocycles. The molecule has 10 heteroatoms. The fourth-order valence-electron chi connectivity index (χ4n) is 2.54. The molecule has 0 aliphatic carbocycles. The van der Waals surface area contributed by atoms with Gasteiger partial charge < -0.3 is 9.30 Å². The standard InChI is InChI=1S/C18H25N3O5S2/c1-5-6-7-13-8-9-14-15(10-13)27-18(21(14)12-17(23)26-3)19-16(22)11-20(2)28(4,24)25/h8-10H,5-7,11-12H2,1-4H3. The third-order valence-electron chi connectivity index (χ3n) is 4.23. The molecular weight excluding hydrogens is 402 g/mol. The third-order valence-corrected chi connectivity index (χ3v) is 6.53. The second kappa shape index (κ2) is 9.44. The highest BCUT2D eigenvalue weighted by molar-refractivity contribution is 7.88. The SMILES string of the molecule is CCCCc1ccc2c(c1)sc(=NC(=O)CN(C)S(C)(=O)=O)n2CC(=O)OC. The largest absolute Gasteiger partial charge is 0.468 e. The average Bonchev–Trinajstić information content (AvgIpc) is 2.95. The molecule has 1 aromatic carbocycles. The van der Waals surface area contributed by atoms with Crippen LogP contribution in [0.2, 0.25) is 0 Å². The van der Waals surface area contributed by atoms with Crippen molar-refractivity contribution in [2.75, 3.05) is 27.0 Å². The Morgan fingerprint density at radius 1 is 1.32 bits per heavy atom. The van der Waals surface area contributed by atoms with Crippen LogP contribution in [0.3, 0.4) is 0 Å². The molecule has 28 heavy (non-hydrogen) atoms. The van der Waals surface area contributed by atoms with E-state index in [1.54, 1.807) is 4.57 Å². The molecule has 0 aliphatic heterocycles. The number of carbonyl (C=O) groups is 2. The summed E-state index contributed by atoms with van der Waals surface area (Å²) in [5.41, 5.74) is 1.95. The summed E-state index contributed by atoms with van der Waals surface area (Å²) in [6, 6.07) is 5.95. The predicted octanol–water partition coefficient (Wildman–Crippen LogP) is 1.54. The summed E-state index contributed by atoms with van der Waals surface area (Å²) in [4.78, 5) is 28.5. The molecule has 0 saturated heterocycles. The van der Waals surface area contributed by atoms with Gasteiger partial charge in [-0.05, 0) is 30.5 Å². The van der Waals surface area contributed by atoms with E-state index in [4.69, 9.17) is 4.74 Å². The van der Waals surface area contributed by atoms with Crippen molar-refractivity contribution < 1.29 is 22.7 Å². The number of nitrogens with zero attached hydrogens (tertiary/aromatic N) is 3. The topological polar surface area (TPSA) is 98.0 Å². The summed E-state index contributed by atoms with van der Waals surface area (Å²) in [5, 5.41) is 0. The first-order chi connectivity index (χ1) is 13.2. The fraction of sp³-hybridized carbons (Fsp3) is 0.500. The average molecular weight is 428 g/mol. The Balaban J connectivity index is 2.47. The number of carbonyl (C=O) groups excluding carboxylic acids is 2. The highest BCUT2D eigenvalue weighted by atomic mass is 32.2.